The van der Waals surface area contributed by atoms with E-state index < -0.39 is 0 Å². The van der Waals surface area contributed by atoms with Crippen molar-refractivity contribution in [2.45, 2.75) is 83.2 Å². The summed E-state index contributed by atoms with van der Waals surface area (Å²) in [7, 11) is 0. The third kappa shape index (κ3) is 6.81. The SMILES string of the molecule is CCCCCC[C@@H]1C(=O)O[C@H]1CC(O[C@H]1CCCCO1)c1ccc(Oc2ccccc2)cc1. The van der Waals surface area contributed by atoms with Crippen LogP contribution in [0.4, 0.5) is 0 Å². The van der Waals surface area contributed by atoms with E-state index in [0.717, 1.165) is 55.8 Å². The first-order valence-electron chi connectivity index (χ1n) is 12.5. The second-order valence-corrected chi connectivity index (χ2v) is 9.07. The van der Waals surface area contributed by atoms with E-state index in [1.165, 1.54) is 19.3 Å². The van der Waals surface area contributed by atoms with Crippen LogP contribution in [-0.2, 0) is 19.0 Å². The van der Waals surface area contributed by atoms with Crippen LogP contribution < -0.4 is 4.74 Å². The number of hydrogen-bond donors (Lipinski definition) is 0. The first-order valence-corrected chi connectivity index (χ1v) is 12.5. The third-order valence-electron chi connectivity index (χ3n) is 6.52. The molecule has 0 bridgehead atoms. The molecule has 2 saturated heterocycles. The Labute approximate surface area is 197 Å². The van der Waals surface area contributed by atoms with Crippen LogP contribution in [-0.4, -0.2) is 25.0 Å². The fourth-order valence-electron chi connectivity index (χ4n) is 4.56. The number of hydrogen-bond acceptors (Lipinski definition) is 5. The molecule has 4 rings (SSSR count). The van der Waals surface area contributed by atoms with Crippen molar-refractivity contribution >= 4 is 5.97 Å². The van der Waals surface area contributed by atoms with Crippen molar-refractivity contribution in [2.75, 3.05) is 6.61 Å². The highest BCUT2D eigenvalue weighted by Crippen LogP contribution is 2.37. The average molecular weight is 453 g/mol. The van der Waals surface area contributed by atoms with E-state index in [0.29, 0.717) is 6.42 Å². The Morgan fingerprint density at radius 1 is 0.970 bits per heavy atom. The van der Waals surface area contributed by atoms with Crippen LogP contribution >= 0.6 is 0 Å². The average Bonchev–Trinajstić information content (AvgIpc) is 2.85. The molecule has 0 aliphatic carbocycles. The van der Waals surface area contributed by atoms with Gasteiger partial charge in [-0.25, -0.2) is 0 Å². The summed E-state index contributed by atoms with van der Waals surface area (Å²) in [6.45, 7) is 2.94. The molecule has 33 heavy (non-hydrogen) atoms. The van der Waals surface area contributed by atoms with E-state index in [1.54, 1.807) is 0 Å². The van der Waals surface area contributed by atoms with Gasteiger partial charge in [-0.05, 0) is 55.5 Å². The molecule has 0 N–H and O–H groups in total. The number of carbonyl (C=O) groups is 1. The molecule has 2 fully saturated rings. The highest BCUT2D eigenvalue weighted by molar-refractivity contribution is 5.78. The van der Waals surface area contributed by atoms with Crippen molar-refractivity contribution in [3.05, 3.63) is 60.2 Å². The minimum absolute atomic E-state index is 0.0130. The zero-order valence-corrected chi connectivity index (χ0v) is 19.6. The summed E-state index contributed by atoms with van der Waals surface area (Å²) in [5.74, 6) is 1.51. The summed E-state index contributed by atoms with van der Waals surface area (Å²) in [5.41, 5.74) is 1.05. The van der Waals surface area contributed by atoms with E-state index in [1.807, 2.05) is 54.6 Å². The van der Waals surface area contributed by atoms with Gasteiger partial charge in [0.25, 0.3) is 0 Å². The van der Waals surface area contributed by atoms with Gasteiger partial charge in [0, 0.05) is 13.0 Å². The van der Waals surface area contributed by atoms with Crippen molar-refractivity contribution in [3.63, 3.8) is 0 Å². The zero-order chi connectivity index (χ0) is 22.9. The highest BCUT2D eigenvalue weighted by Gasteiger charge is 2.43. The normalized spacial score (nSPS) is 23.4. The molecule has 2 aromatic rings. The number of para-hydroxylation sites is 1. The molecule has 2 heterocycles. The van der Waals surface area contributed by atoms with Crippen LogP contribution in [0.1, 0.15) is 76.4 Å². The fraction of sp³-hybridized carbons (Fsp3) is 0.536. The lowest BCUT2D eigenvalue weighted by Crippen LogP contribution is -2.46. The van der Waals surface area contributed by atoms with Crippen LogP contribution in [0.15, 0.2) is 54.6 Å². The number of ether oxygens (including phenoxy) is 4. The first-order chi connectivity index (χ1) is 16.2. The molecule has 0 amide bonds. The predicted molar refractivity (Wildman–Crippen MR) is 127 cm³/mol. The second-order valence-electron chi connectivity index (χ2n) is 9.07. The number of benzene rings is 2. The minimum atomic E-state index is -0.206. The maximum absolute atomic E-state index is 12.1. The largest absolute Gasteiger partial charge is 0.461 e. The van der Waals surface area contributed by atoms with Crippen molar-refractivity contribution in [3.8, 4) is 11.5 Å². The van der Waals surface area contributed by atoms with Crippen molar-refractivity contribution in [1.29, 1.82) is 0 Å². The van der Waals surface area contributed by atoms with Crippen LogP contribution in [0.5, 0.6) is 11.5 Å². The Bertz CT molecular complexity index is 844. The first kappa shape index (κ1) is 23.8. The van der Waals surface area contributed by atoms with Crippen LogP contribution in [0, 0.1) is 5.92 Å². The fourth-order valence-corrected chi connectivity index (χ4v) is 4.56. The summed E-state index contributed by atoms with van der Waals surface area (Å²) in [6, 6.07) is 17.8. The molecule has 0 spiro atoms. The molecule has 1 unspecified atom stereocenters. The molecule has 2 aliphatic heterocycles. The lowest BCUT2D eigenvalue weighted by atomic mass is 9.86. The van der Waals surface area contributed by atoms with E-state index in [-0.39, 0.29) is 30.4 Å². The number of esters is 1. The van der Waals surface area contributed by atoms with E-state index in [2.05, 4.69) is 6.92 Å². The molecule has 2 aromatic carbocycles. The maximum Gasteiger partial charge on any atom is 0.313 e. The van der Waals surface area contributed by atoms with Crippen LogP contribution in [0.3, 0.4) is 0 Å². The van der Waals surface area contributed by atoms with Crippen LogP contribution in [0.25, 0.3) is 0 Å². The quantitative estimate of drug-likeness (QED) is 0.257. The number of carbonyl (C=O) groups excluding carboxylic acids is 1. The molecule has 5 nitrogen and oxygen atoms in total. The van der Waals surface area contributed by atoms with E-state index in [9.17, 15) is 4.79 Å². The van der Waals surface area contributed by atoms with Crippen molar-refractivity contribution in [2.24, 2.45) is 5.92 Å². The van der Waals surface area contributed by atoms with Crippen molar-refractivity contribution < 1.29 is 23.7 Å². The molecular formula is C28H36O5. The molecule has 2 aliphatic rings. The van der Waals surface area contributed by atoms with Crippen LogP contribution in [0.2, 0.25) is 0 Å². The summed E-state index contributed by atoms with van der Waals surface area (Å²) in [5, 5.41) is 0. The summed E-state index contributed by atoms with van der Waals surface area (Å²) in [4.78, 5) is 12.1. The molecule has 0 saturated carbocycles. The molecule has 178 valence electrons. The lowest BCUT2D eigenvalue weighted by molar-refractivity contribution is -0.211. The van der Waals surface area contributed by atoms with Gasteiger partial charge in [0.15, 0.2) is 6.29 Å². The van der Waals surface area contributed by atoms with Gasteiger partial charge in [-0.2, -0.15) is 0 Å². The smallest absolute Gasteiger partial charge is 0.313 e. The number of rotatable bonds is 12. The second kappa shape index (κ2) is 12.2. The summed E-state index contributed by atoms with van der Waals surface area (Å²) < 4.78 is 23.8. The van der Waals surface area contributed by atoms with Gasteiger partial charge in [-0.1, -0.05) is 62.9 Å². The summed E-state index contributed by atoms with van der Waals surface area (Å²) in [6.07, 6.45) is 8.83. The lowest BCUT2D eigenvalue weighted by Gasteiger charge is -2.38. The third-order valence-corrected chi connectivity index (χ3v) is 6.52. The van der Waals surface area contributed by atoms with E-state index in [4.69, 9.17) is 18.9 Å². The van der Waals surface area contributed by atoms with Crippen molar-refractivity contribution in [1.82, 2.24) is 0 Å². The molecular weight excluding hydrogens is 416 g/mol. The molecule has 4 atom stereocenters. The standard InChI is InChI=1S/C28H36O5/c1-2-3-4-8-13-24-26(33-28(24)29)20-25(32-27-14-9-10-19-30-27)21-15-17-23(18-16-21)31-22-11-6-5-7-12-22/h5-7,11-12,15-18,24-27H,2-4,8-10,13-14,19-20H2,1H3/t24-,25?,26-,27-/m0/s1. The Kier molecular flexibility index (Phi) is 8.79. The van der Waals surface area contributed by atoms with Gasteiger partial charge in [0.1, 0.15) is 17.6 Å². The summed E-state index contributed by atoms with van der Waals surface area (Å²) >= 11 is 0. The van der Waals surface area contributed by atoms with Gasteiger partial charge in [-0.3, -0.25) is 4.79 Å². The highest BCUT2D eigenvalue weighted by atomic mass is 16.7. The zero-order valence-electron chi connectivity index (χ0n) is 19.6. The molecule has 5 heteroatoms. The number of cyclic esters (lactones) is 1. The Morgan fingerprint density at radius 2 is 1.76 bits per heavy atom. The topological polar surface area (TPSA) is 54.0 Å². The molecule has 0 radical (unpaired) electrons. The van der Waals surface area contributed by atoms with Gasteiger partial charge in [-0.15, -0.1) is 0 Å². The van der Waals surface area contributed by atoms with Gasteiger partial charge >= 0.3 is 5.97 Å². The predicted octanol–water partition coefficient (Wildman–Crippen LogP) is 6.97. The van der Waals surface area contributed by atoms with E-state index >= 15 is 0 Å². The minimum Gasteiger partial charge on any atom is -0.461 e. The number of unbranched alkanes of at least 4 members (excludes halogenated alkanes) is 3. The van der Waals surface area contributed by atoms with Gasteiger partial charge < -0.3 is 18.9 Å². The Morgan fingerprint density at radius 3 is 2.45 bits per heavy atom. The maximum atomic E-state index is 12.1. The van der Waals surface area contributed by atoms with Gasteiger partial charge in [0.2, 0.25) is 0 Å². The monoisotopic (exact) mass is 452 g/mol. The Balaban J connectivity index is 1.41. The Hall–Kier alpha value is -2.37. The van der Waals surface area contributed by atoms with Gasteiger partial charge in [0.05, 0.1) is 12.0 Å². The molecule has 0 aromatic heterocycles.